The molecule has 0 saturated heterocycles. The highest BCUT2D eigenvalue weighted by Gasteiger charge is 2.22. The van der Waals surface area contributed by atoms with Crippen molar-refractivity contribution in [3.8, 4) is 0 Å². The number of carbonyl (C=O) groups is 1. The third-order valence-corrected chi connectivity index (χ3v) is 1.51. The Hall–Kier alpha value is -0.580. The molecule has 5 heteroatoms. The van der Waals surface area contributed by atoms with Crippen LogP contribution < -0.4 is 5.43 Å². The van der Waals surface area contributed by atoms with Crippen molar-refractivity contribution >= 4 is 26.5 Å². The number of hydrazone groups is 1. The highest BCUT2D eigenvalue weighted by Crippen LogP contribution is 2.07. The normalized spacial score (nSPS) is 25.0. The first-order valence-electron chi connectivity index (χ1n) is 2.40. The minimum atomic E-state index is -0.867. The quantitative estimate of drug-likeness (QED) is 0.622. The molecule has 0 amide bonds. The number of nitrogens with one attached hydrogen (secondary N) is 1. The van der Waals surface area contributed by atoms with E-state index in [0.717, 1.165) is 0 Å². The van der Waals surface area contributed by atoms with Gasteiger partial charge in [-0.25, -0.2) is 4.79 Å². The van der Waals surface area contributed by atoms with Crippen LogP contribution in [0.4, 0.5) is 0 Å². The van der Waals surface area contributed by atoms with Crippen molar-refractivity contribution in [2.24, 2.45) is 5.10 Å². The fourth-order valence-electron chi connectivity index (χ4n) is 0.550. The molecular weight excluding hydrogens is 188 g/mol. The number of aliphatic carboxylic acids is 1. The summed E-state index contributed by atoms with van der Waals surface area (Å²) in [6.07, 6.45) is 0.440. The van der Waals surface area contributed by atoms with Gasteiger partial charge in [0.05, 0.1) is 0 Å². The van der Waals surface area contributed by atoms with Gasteiger partial charge in [0.15, 0.2) is 0 Å². The predicted octanol–water partition coefficient (Wildman–Crippen LogP) is 0.141. The second kappa shape index (κ2) is 2.34. The molecule has 0 aromatic rings. The van der Waals surface area contributed by atoms with Crippen LogP contribution in [-0.2, 0) is 4.79 Å². The summed E-state index contributed by atoms with van der Waals surface area (Å²) < 4.78 is 0.662. The molecular formula is C4H5BrN2O2. The zero-order chi connectivity index (χ0) is 6.85. The van der Waals surface area contributed by atoms with E-state index >= 15 is 0 Å². The average molecular weight is 193 g/mol. The summed E-state index contributed by atoms with van der Waals surface area (Å²) in [5.41, 5.74) is 2.45. The molecule has 1 aliphatic heterocycles. The topological polar surface area (TPSA) is 61.7 Å². The highest BCUT2D eigenvalue weighted by molar-refractivity contribution is 9.18. The van der Waals surface area contributed by atoms with E-state index in [0.29, 0.717) is 11.0 Å². The van der Waals surface area contributed by atoms with Crippen LogP contribution in [-0.4, -0.2) is 21.7 Å². The first-order chi connectivity index (χ1) is 4.20. The van der Waals surface area contributed by atoms with Gasteiger partial charge < -0.3 is 5.11 Å². The van der Waals surface area contributed by atoms with Gasteiger partial charge in [0.25, 0.3) is 0 Å². The maximum Gasteiger partial charge on any atom is 0.328 e. The molecule has 0 bridgehead atoms. The van der Waals surface area contributed by atoms with Gasteiger partial charge in [-0.3, -0.25) is 5.43 Å². The van der Waals surface area contributed by atoms with Gasteiger partial charge in [0.1, 0.15) is 10.7 Å². The van der Waals surface area contributed by atoms with Gasteiger partial charge in [0, 0.05) is 6.42 Å². The summed E-state index contributed by atoms with van der Waals surface area (Å²) in [6.45, 7) is 0. The Morgan fingerprint density at radius 1 is 2.00 bits per heavy atom. The van der Waals surface area contributed by atoms with Crippen LogP contribution in [0.2, 0.25) is 0 Å². The van der Waals surface area contributed by atoms with Crippen LogP contribution in [0.1, 0.15) is 6.42 Å². The zero-order valence-corrected chi connectivity index (χ0v) is 6.05. The van der Waals surface area contributed by atoms with Crippen molar-refractivity contribution in [3.05, 3.63) is 0 Å². The molecule has 0 aliphatic carbocycles. The lowest BCUT2D eigenvalue weighted by molar-refractivity contribution is -0.139. The molecule has 0 saturated carbocycles. The van der Waals surface area contributed by atoms with Crippen molar-refractivity contribution in [1.29, 1.82) is 0 Å². The third kappa shape index (κ3) is 1.41. The van der Waals surface area contributed by atoms with Crippen LogP contribution in [0, 0.1) is 0 Å². The Kier molecular flexibility index (Phi) is 1.70. The van der Waals surface area contributed by atoms with Gasteiger partial charge in [-0.15, -0.1) is 0 Å². The van der Waals surface area contributed by atoms with Gasteiger partial charge >= 0.3 is 5.97 Å². The van der Waals surface area contributed by atoms with E-state index in [2.05, 4.69) is 26.5 Å². The smallest absolute Gasteiger partial charge is 0.328 e. The molecule has 0 radical (unpaired) electrons. The van der Waals surface area contributed by atoms with E-state index < -0.39 is 12.0 Å². The number of nitrogens with zero attached hydrogens (tertiary/aromatic N) is 1. The molecule has 1 rings (SSSR count). The Morgan fingerprint density at radius 2 is 2.67 bits per heavy atom. The van der Waals surface area contributed by atoms with Crippen LogP contribution in [0.3, 0.4) is 0 Å². The monoisotopic (exact) mass is 192 g/mol. The molecule has 1 atom stereocenters. The van der Waals surface area contributed by atoms with Gasteiger partial charge in [-0.05, 0) is 15.9 Å². The standard InChI is InChI=1S/C4H5BrN2O2/c5-3-1-2(4(8)9)6-7-3/h2,6H,1H2,(H,8,9). The van der Waals surface area contributed by atoms with E-state index in [-0.39, 0.29) is 0 Å². The van der Waals surface area contributed by atoms with Crippen molar-refractivity contribution < 1.29 is 9.90 Å². The molecule has 1 unspecified atom stereocenters. The number of carboxylic acids is 1. The van der Waals surface area contributed by atoms with E-state index in [9.17, 15) is 4.79 Å². The lowest BCUT2D eigenvalue weighted by atomic mass is 10.2. The summed E-state index contributed by atoms with van der Waals surface area (Å²) in [5, 5.41) is 12.0. The van der Waals surface area contributed by atoms with E-state index in [1.807, 2.05) is 0 Å². The SMILES string of the molecule is O=C(O)C1CC(Br)=NN1. The number of hydrogen-bond acceptors (Lipinski definition) is 3. The first kappa shape index (κ1) is 6.54. The number of hydrogen-bond donors (Lipinski definition) is 2. The Labute approximate surface area is 60.1 Å². The summed E-state index contributed by atoms with van der Waals surface area (Å²) in [4.78, 5) is 10.2. The molecule has 50 valence electrons. The molecule has 0 spiro atoms. The van der Waals surface area contributed by atoms with Crippen molar-refractivity contribution in [2.75, 3.05) is 0 Å². The predicted molar refractivity (Wildman–Crippen MR) is 35.5 cm³/mol. The largest absolute Gasteiger partial charge is 0.480 e. The summed E-state index contributed by atoms with van der Waals surface area (Å²) in [7, 11) is 0. The fraction of sp³-hybridized carbons (Fsp3) is 0.500. The lowest BCUT2D eigenvalue weighted by Gasteiger charge is -1.99. The molecule has 0 fully saturated rings. The maximum absolute atomic E-state index is 10.2. The maximum atomic E-state index is 10.2. The third-order valence-electron chi connectivity index (χ3n) is 1.01. The van der Waals surface area contributed by atoms with Crippen molar-refractivity contribution in [1.82, 2.24) is 5.43 Å². The average Bonchev–Trinajstić information content (AvgIpc) is 2.14. The molecule has 2 N–H and O–H groups in total. The first-order valence-corrected chi connectivity index (χ1v) is 3.20. The van der Waals surface area contributed by atoms with Gasteiger partial charge in [-0.1, -0.05) is 0 Å². The van der Waals surface area contributed by atoms with Crippen LogP contribution in [0.5, 0.6) is 0 Å². The van der Waals surface area contributed by atoms with Crippen molar-refractivity contribution in [3.63, 3.8) is 0 Å². The van der Waals surface area contributed by atoms with E-state index in [4.69, 9.17) is 5.11 Å². The molecule has 4 nitrogen and oxygen atoms in total. The second-order valence-electron chi connectivity index (χ2n) is 1.71. The van der Waals surface area contributed by atoms with Crippen LogP contribution >= 0.6 is 15.9 Å². The summed E-state index contributed by atoms with van der Waals surface area (Å²) in [5.74, 6) is -0.867. The second-order valence-corrected chi connectivity index (χ2v) is 2.63. The molecule has 0 aromatic carbocycles. The van der Waals surface area contributed by atoms with Crippen molar-refractivity contribution in [2.45, 2.75) is 12.5 Å². The zero-order valence-electron chi connectivity index (χ0n) is 4.47. The van der Waals surface area contributed by atoms with Gasteiger partial charge in [0.2, 0.25) is 0 Å². The number of halogens is 1. The minimum absolute atomic E-state index is 0.440. The van der Waals surface area contributed by atoms with E-state index in [1.54, 1.807) is 0 Å². The highest BCUT2D eigenvalue weighted by atomic mass is 79.9. The molecule has 9 heavy (non-hydrogen) atoms. The van der Waals surface area contributed by atoms with E-state index in [1.165, 1.54) is 0 Å². The van der Waals surface area contributed by atoms with Crippen LogP contribution in [0.15, 0.2) is 5.10 Å². The summed E-state index contributed by atoms with van der Waals surface area (Å²) in [6, 6.07) is -0.542. The minimum Gasteiger partial charge on any atom is -0.480 e. The fourth-order valence-corrected chi connectivity index (χ4v) is 0.976. The Balaban J connectivity index is 2.47. The number of carboxylic acid groups (broad SMARTS) is 1. The molecule has 1 aliphatic rings. The summed E-state index contributed by atoms with van der Waals surface area (Å²) >= 11 is 3.07. The number of rotatable bonds is 1. The Morgan fingerprint density at radius 3 is 2.89 bits per heavy atom. The van der Waals surface area contributed by atoms with Crippen LogP contribution in [0.25, 0.3) is 0 Å². The molecule has 0 aromatic heterocycles. The molecule has 1 heterocycles. The van der Waals surface area contributed by atoms with Gasteiger partial charge in [-0.2, -0.15) is 5.10 Å². The Bertz CT molecular complexity index is 168. The lowest BCUT2D eigenvalue weighted by Crippen LogP contribution is -2.28.